The molecule has 0 aliphatic rings. The minimum Gasteiger partial charge on any atom is -0.492 e. The van der Waals surface area contributed by atoms with Crippen molar-refractivity contribution in [3.8, 4) is 5.75 Å². The van der Waals surface area contributed by atoms with Crippen LogP contribution >= 0.6 is 0 Å². The van der Waals surface area contributed by atoms with Crippen molar-refractivity contribution in [2.45, 2.75) is 39.7 Å². The van der Waals surface area contributed by atoms with E-state index in [-0.39, 0.29) is 0 Å². The minimum atomic E-state index is 0.408. The van der Waals surface area contributed by atoms with E-state index in [1.54, 1.807) is 0 Å². The highest BCUT2D eigenvalue weighted by molar-refractivity contribution is 5.27. The van der Waals surface area contributed by atoms with Gasteiger partial charge in [-0.2, -0.15) is 0 Å². The molecule has 0 saturated heterocycles. The van der Waals surface area contributed by atoms with Gasteiger partial charge in [-0.25, -0.2) is 0 Å². The second-order valence-corrected chi connectivity index (χ2v) is 4.16. The summed E-state index contributed by atoms with van der Waals surface area (Å²) >= 11 is 0. The molecule has 0 spiro atoms. The molecule has 2 nitrogen and oxygen atoms in total. The molecule has 1 aromatic carbocycles. The molecule has 1 N–H and O–H groups in total. The number of aryl methyl sites for hydroxylation is 1. The van der Waals surface area contributed by atoms with Gasteiger partial charge in [0.2, 0.25) is 0 Å². The molecule has 1 rings (SSSR count). The quantitative estimate of drug-likeness (QED) is 0.764. The van der Waals surface area contributed by atoms with Gasteiger partial charge in [-0.15, -0.1) is 0 Å². The van der Waals surface area contributed by atoms with Crippen LogP contribution in [0.4, 0.5) is 0 Å². The minimum absolute atomic E-state index is 0.408. The normalized spacial score (nSPS) is 12.4. The van der Waals surface area contributed by atoms with Crippen molar-refractivity contribution in [1.29, 1.82) is 0 Å². The van der Waals surface area contributed by atoms with Crippen LogP contribution in [0.3, 0.4) is 0 Å². The lowest BCUT2D eigenvalue weighted by atomic mass is 10.2. The average molecular weight is 221 g/mol. The van der Waals surface area contributed by atoms with E-state index in [9.17, 15) is 0 Å². The topological polar surface area (TPSA) is 21.3 Å². The van der Waals surface area contributed by atoms with Gasteiger partial charge in [0, 0.05) is 6.04 Å². The summed E-state index contributed by atoms with van der Waals surface area (Å²) in [4.78, 5) is 0. The Kier molecular flexibility index (Phi) is 5.94. The van der Waals surface area contributed by atoms with Crippen LogP contribution in [0.2, 0.25) is 0 Å². The Hall–Kier alpha value is -1.02. The Morgan fingerprint density at radius 3 is 2.44 bits per heavy atom. The molecule has 1 unspecified atom stereocenters. The lowest BCUT2D eigenvalue weighted by molar-refractivity contribution is 0.273. The molecule has 16 heavy (non-hydrogen) atoms. The lowest BCUT2D eigenvalue weighted by Gasteiger charge is -2.14. The Morgan fingerprint density at radius 1 is 1.19 bits per heavy atom. The van der Waals surface area contributed by atoms with E-state index in [0.717, 1.165) is 31.7 Å². The smallest absolute Gasteiger partial charge is 0.119 e. The summed E-state index contributed by atoms with van der Waals surface area (Å²) < 4.78 is 5.70. The first-order chi connectivity index (χ1) is 7.76. The second-order valence-electron chi connectivity index (χ2n) is 4.16. The van der Waals surface area contributed by atoms with Crippen molar-refractivity contribution in [2.24, 2.45) is 0 Å². The first-order valence-corrected chi connectivity index (χ1v) is 6.21. The van der Waals surface area contributed by atoms with E-state index >= 15 is 0 Å². The van der Waals surface area contributed by atoms with Crippen LogP contribution in [0.25, 0.3) is 0 Å². The summed E-state index contributed by atoms with van der Waals surface area (Å²) in [6.45, 7) is 8.26. The zero-order valence-corrected chi connectivity index (χ0v) is 10.6. The average Bonchev–Trinajstić information content (AvgIpc) is 2.34. The molecule has 0 amide bonds. The second kappa shape index (κ2) is 7.29. The first kappa shape index (κ1) is 13.0. The van der Waals surface area contributed by atoms with Gasteiger partial charge < -0.3 is 10.1 Å². The molecule has 0 aliphatic carbocycles. The number of nitrogens with one attached hydrogen (secondary N) is 1. The van der Waals surface area contributed by atoms with Gasteiger partial charge in [-0.1, -0.05) is 26.0 Å². The third-order valence-corrected chi connectivity index (χ3v) is 2.57. The standard InChI is InChI=1S/C14H23NO/c1-4-10-15-12(3)11-16-14-8-6-13(5-2)7-9-14/h6-9,12,15H,4-5,10-11H2,1-3H3. The summed E-state index contributed by atoms with van der Waals surface area (Å²) in [6.07, 6.45) is 2.24. The molecule has 0 heterocycles. The molecular formula is C14H23NO. The highest BCUT2D eigenvalue weighted by atomic mass is 16.5. The van der Waals surface area contributed by atoms with Crippen molar-refractivity contribution >= 4 is 0 Å². The zero-order chi connectivity index (χ0) is 11.8. The van der Waals surface area contributed by atoms with Gasteiger partial charge in [-0.3, -0.25) is 0 Å². The fourth-order valence-corrected chi connectivity index (χ4v) is 1.49. The van der Waals surface area contributed by atoms with Crippen LogP contribution in [0.15, 0.2) is 24.3 Å². The van der Waals surface area contributed by atoms with Crippen molar-refractivity contribution < 1.29 is 4.74 Å². The summed E-state index contributed by atoms with van der Waals surface area (Å²) in [6, 6.07) is 8.75. The highest BCUT2D eigenvalue weighted by Crippen LogP contribution is 2.12. The molecule has 0 bridgehead atoms. The fourth-order valence-electron chi connectivity index (χ4n) is 1.49. The number of ether oxygens (including phenoxy) is 1. The molecule has 0 saturated carbocycles. The van der Waals surface area contributed by atoms with Gasteiger partial charge in [-0.05, 0) is 44.0 Å². The van der Waals surface area contributed by atoms with Gasteiger partial charge in [0.1, 0.15) is 12.4 Å². The third-order valence-electron chi connectivity index (χ3n) is 2.57. The molecule has 0 radical (unpaired) electrons. The van der Waals surface area contributed by atoms with Gasteiger partial charge >= 0.3 is 0 Å². The third kappa shape index (κ3) is 4.67. The van der Waals surface area contributed by atoms with Crippen molar-refractivity contribution in [1.82, 2.24) is 5.32 Å². The Labute approximate surface area is 99.0 Å². The molecule has 0 fully saturated rings. The molecule has 0 aromatic heterocycles. The maximum Gasteiger partial charge on any atom is 0.119 e. The molecule has 1 aromatic rings. The van der Waals surface area contributed by atoms with E-state index in [1.165, 1.54) is 5.56 Å². The summed E-state index contributed by atoms with van der Waals surface area (Å²) in [7, 11) is 0. The highest BCUT2D eigenvalue weighted by Gasteiger charge is 2.01. The number of hydrogen-bond acceptors (Lipinski definition) is 2. The van der Waals surface area contributed by atoms with Crippen LogP contribution < -0.4 is 10.1 Å². The van der Waals surface area contributed by atoms with E-state index < -0.39 is 0 Å². The predicted octanol–water partition coefficient (Wildman–Crippen LogP) is 3.02. The number of benzene rings is 1. The van der Waals surface area contributed by atoms with Crippen molar-refractivity contribution in [3.05, 3.63) is 29.8 Å². The number of rotatable bonds is 7. The van der Waals surface area contributed by atoms with Crippen LogP contribution in [0.1, 0.15) is 32.8 Å². The Balaban J connectivity index is 2.30. The molecule has 2 heteroatoms. The summed E-state index contributed by atoms with van der Waals surface area (Å²) in [5.41, 5.74) is 1.35. The number of hydrogen-bond donors (Lipinski definition) is 1. The van der Waals surface area contributed by atoms with E-state index in [1.807, 2.05) is 12.1 Å². The summed E-state index contributed by atoms with van der Waals surface area (Å²) in [5, 5.41) is 3.40. The SMILES string of the molecule is CCCNC(C)COc1ccc(CC)cc1. The molecule has 1 atom stereocenters. The lowest BCUT2D eigenvalue weighted by Crippen LogP contribution is -2.32. The maximum absolute atomic E-state index is 5.70. The molecule has 90 valence electrons. The van der Waals surface area contributed by atoms with Crippen molar-refractivity contribution in [2.75, 3.05) is 13.2 Å². The Morgan fingerprint density at radius 2 is 1.88 bits per heavy atom. The van der Waals surface area contributed by atoms with Crippen LogP contribution in [0.5, 0.6) is 5.75 Å². The van der Waals surface area contributed by atoms with Crippen LogP contribution in [-0.2, 0) is 6.42 Å². The monoisotopic (exact) mass is 221 g/mol. The van der Waals surface area contributed by atoms with E-state index in [2.05, 4.69) is 38.2 Å². The van der Waals surface area contributed by atoms with E-state index in [0.29, 0.717) is 6.04 Å². The molecular weight excluding hydrogens is 198 g/mol. The van der Waals surface area contributed by atoms with Gasteiger partial charge in [0.05, 0.1) is 0 Å². The van der Waals surface area contributed by atoms with Crippen LogP contribution in [0, 0.1) is 0 Å². The van der Waals surface area contributed by atoms with Crippen molar-refractivity contribution in [3.63, 3.8) is 0 Å². The molecule has 0 aliphatic heterocycles. The fraction of sp³-hybridized carbons (Fsp3) is 0.571. The van der Waals surface area contributed by atoms with Crippen LogP contribution in [-0.4, -0.2) is 19.2 Å². The summed E-state index contributed by atoms with van der Waals surface area (Å²) in [5.74, 6) is 0.961. The first-order valence-electron chi connectivity index (χ1n) is 6.21. The van der Waals surface area contributed by atoms with E-state index in [4.69, 9.17) is 4.74 Å². The largest absolute Gasteiger partial charge is 0.492 e. The Bertz CT molecular complexity index is 281. The zero-order valence-electron chi connectivity index (χ0n) is 10.6. The maximum atomic E-state index is 5.70. The van der Waals surface area contributed by atoms with Gasteiger partial charge in [0.15, 0.2) is 0 Å². The van der Waals surface area contributed by atoms with Gasteiger partial charge in [0.25, 0.3) is 0 Å². The predicted molar refractivity (Wildman–Crippen MR) is 69.1 cm³/mol.